The van der Waals surface area contributed by atoms with Gasteiger partial charge < -0.3 is 20.1 Å². The van der Waals surface area contributed by atoms with Crippen LogP contribution in [0.2, 0.25) is 0 Å². The van der Waals surface area contributed by atoms with Gasteiger partial charge in [0.25, 0.3) is 5.91 Å². The third kappa shape index (κ3) is 4.39. The first-order valence-electron chi connectivity index (χ1n) is 8.71. The normalized spacial score (nSPS) is 12.6. The number of nitrogens with zero attached hydrogens (tertiary/aromatic N) is 1. The Balaban J connectivity index is 1.64. The Morgan fingerprint density at radius 2 is 2.00 bits per heavy atom. The number of para-hydroxylation sites is 1. The van der Waals surface area contributed by atoms with Gasteiger partial charge in [0.2, 0.25) is 6.79 Å². The van der Waals surface area contributed by atoms with Gasteiger partial charge in [-0.2, -0.15) is 5.26 Å². The third-order valence-electron chi connectivity index (χ3n) is 4.21. The highest BCUT2D eigenvalue weighted by Crippen LogP contribution is 2.32. The number of nitriles is 1. The maximum atomic E-state index is 12.3. The summed E-state index contributed by atoms with van der Waals surface area (Å²) < 4.78 is 10.6. The Bertz CT molecular complexity index is 913. The van der Waals surface area contributed by atoms with Crippen molar-refractivity contribution in [3.05, 3.63) is 65.4 Å². The van der Waals surface area contributed by atoms with Crippen molar-refractivity contribution >= 4 is 11.6 Å². The molecule has 0 bridgehead atoms. The SMILES string of the molecule is CC(C)c1ccccc1N/C=C(/C#N)C(=O)NCc1ccc2c(c1)OCO2. The van der Waals surface area contributed by atoms with Crippen LogP contribution in [0.5, 0.6) is 11.5 Å². The summed E-state index contributed by atoms with van der Waals surface area (Å²) in [6.07, 6.45) is 1.44. The van der Waals surface area contributed by atoms with Crippen molar-refractivity contribution in [3.63, 3.8) is 0 Å². The quantitative estimate of drug-likeness (QED) is 0.604. The zero-order valence-electron chi connectivity index (χ0n) is 15.3. The lowest BCUT2D eigenvalue weighted by molar-refractivity contribution is -0.117. The van der Waals surface area contributed by atoms with Gasteiger partial charge in [-0.1, -0.05) is 38.1 Å². The molecule has 2 aromatic carbocycles. The standard InChI is InChI=1S/C21H21N3O3/c1-14(2)17-5-3-4-6-18(17)23-12-16(10-22)21(25)24-11-15-7-8-19-20(9-15)27-13-26-19/h3-9,12,14,23H,11,13H2,1-2H3,(H,24,25)/b16-12-. The van der Waals surface area contributed by atoms with Gasteiger partial charge in [0.15, 0.2) is 11.5 Å². The number of ether oxygens (including phenoxy) is 2. The van der Waals surface area contributed by atoms with E-state index in [-0.39, 0.29) is 18.9 Å². The molecule has 1 aliphatic rings. The number of benzene rings is 2. The average molecular weight is 363 g/mol. The Labute approximate surface area is 158 Å². The highest BCUT2D eigenvalue weighted by atomic mass is 16.7. The molecule has 0 aliphatic carbocycles. The van der Waals surface area contributed by atoms with Crippen molar-refractivity contribution in [1.29, 1.82) is 5.26 Å². The van der Waals surface area contributed by atoms with Gasteiger partial charge in [0.1, 0.15) is 11.6 Å². The van der Waals surface area contributed by atoms with Crippen molar-refractivity contribution in [2.75, 3.05) is 12.1 Å². The summed E-state index contributed by atoms with van der Waals surface area (Å²) in [7, 11) is 0. The van der Waals surface area contributed by atoms with E-state index in [1.165, 1.54) is 6.20 Å². The molecule has 1 amide bonds. The van der Waals surface area contributed by atoms with E-state index in [1.54, 1.807) is 6.07 Å². The molecule has 2 N–H and O–H groups in total. The molecule has 6 nitrogen and oxygen atoms in total. The fraction of sp³-hybridized carbons (Fsp3) is 0.238. The molecule has 0 unspecified atom stereocenters. The number of carbonyl (C=O) groups excluding carboxylic acids is 1. The summed E-state index contributed by atoms with van der Waals surface area (Å²) in [5, 5.41) is 15.1. The molecule has 3 rings (SSSR count). The number of carbonyl (C=O) groups is 1. The minimum absolute atomic E-state index is 0.00861. The maximum Gasteiger partial charge on any atom is 0.263 e. The summed E-state index contributed by atoms with van der Waals surface area (Å²) >= 11 is 0. The number of amides is 1. The van der Waals surface area contributed by atoms with Crippen LogP contribution in [0.25, 0.3) is 0 Å². The number of hydrogen-bond donors (Lipinski definition) is 2. The van der Waals surface area contributed by atoms with Gasteiger partial charge in [-0.3, -0.25) is 4.79 Å². The maximum absolute atomic E-state index is 12.3. The molecule has 0 saturated carbocycles. The Morgan fingerprint density at radius 3 is 2.78 bits per heavy atom. The molecule has 0 spiro atoms. The summed E-state index contributed by atoms with van der Waals surface area (Å²) in [4.78, 5) is 12.3. The zero-order chi connectivity index (χ0) is 19.2. The number of hydrogen-bond acceptors (Lipinski definition) is 5. The van der Waals surface area contributed by atoms with E-state index in [0.717, 1.165) is 16.8 Å². The largest absolute Gasteiger partial charge is 0.454 e. The molecule has 1 heterocycles. The van der Waals surface area contributed by atoms with Crippen LogP contribution in [0.15, 0.2) is 54.2 Å². The Hall–Kier alpha value is -3.46. The van der Waals surface area contributed by atoms with Crippen LogP contribution in [0.3, 0.4) is 0 Å². The fourth-order valence-corrected chi connectivity index (χ4v) is 2.76. The molecule has 0 atom stereocenters. The van der Waals surface area contributed by atoms with Crippen molar-refractivity contribution in [2.45, 2.75) is 26.3 Å². The van der Waals surface area contributed by atoms with Crippen LogP contribution in [0.1, 0.15) is 30.9 Å². The van der Waals surface area contributed by atoms with Crippen LogP contribution in [-0.4, -0.2) is 12.7 Å². The monoisotopic (exact) mass is 363 g/mol. The molecule has 0 saturated heterocycles. The summed E-state index contributed by atoms with van der Waals surface area (Å²) in [6.45, 7) is 4.67. The van der Waals surface area contributed by atoms with E-state index < -0.39 is 5.91 Å². The molecule has 138 valence electrons. The highest BCUT2D eigenvalue weighted by Gasteiger charge is 2.14. The first-order chi connectivity index (χ1) is 13.1. The van der Waals surface area contributed by atoms with Crippen LogP contribution in [0, 0.1) is 11.3 Å². The summed E-state index contributed by atoms with van der Waals surface area (Å²) in [6, 6.07) is 15.2. The lowest BCUT2D eigenvalue weighted by atomic mass is 10.0. The minimum Gasteiger partial charge on any atom is -0.454 e. The van der Waals surface area contributed by atoms with Gasteiger partial charge >= 0.3 is 0 Å². The minimum atomic E-state index is -0.440. The van der Waals surface area contributed by atoms with Crippen LogP contribution >= 0.6 is 0 Å². The third-order valence-corrected chi connectivity index (χ3v) is 4.21. The lowest BCUT2D eigenvalue weighted by Gasteiger charge is -2.12. The van der Waals surface area contributed by atoms with Crippen molar-refractivity contribution in [3.8, 4) is 17.6 Å². The second-order valence-corrected chi connectivity index (χ2v) is 6.43. The van der Waals surface area contributed by atoms with E-state index >= 15 is 0 Å². The van der Waals surface area contributed by atoms with E-state index in [0.29, 0.717) is 17.4 Å². The fourth-order valence-electron chi connectivity index (χ4n) is 2.76. The van der Waals surface area contributed by atoms with Crippen LogP contribution in [-0.2, 0) is 11.3 Å². The van der Waals surface area contributed by atoms with E-state index in [2.05, 4.69) is 24.5 Å². The molecule has 0 aromatic heterocycles. The Morgan fingerprint density at radius 1 is 1.22 bits per heavy atom. The van der Waals surface area contributed by atoms with E-state index in [9.17, 15) is 10.1 Å². The van der Waals surface area contributed by atoms with E-state index in [1.807, 2.05) is 42.5 Å². The topological polar surface area (TPSA) is 83.4 Å². The van der Waals surface area contributed by atoms with E-state index in [4.69, 9.17) is 9.47 Å². The molecule has 1 aliphatic heterocycles. The first kappa shape index (κ1) is 18.3. The second kappa shape index (κ2) is 8.28. The summed E-state index contributed by atoms with van der Waals surface area (Å²) in [5.41, 5.74) is 2.87. The molecule has 2 aromatic rings. The van der Waals surface area contributed by atoms with Gasteiger partial charge in [-0.25, -0.2) is 0 Å². The van der Waals surface area contributed by atoms with Gasteiger partial charge in [0, 0.05) is 18.4 Å². The zero-order valence-corrected chi connectivity index (χ0v) is 15.3. The molecule has 0 fully saturated rings. The molecule has 6 heteroatoms. The second-order valence-electron chi connectivity index (χ2n) is 6.43. The van der Waals surface area contributed by atoms with Crippen molar-refractivity contribution in [1.82, 2.24) is 5.32 Å². The molecular weight excluding hydrogens is 342 g/mol. The smallest absolute Gasteiger partial charge is 0.263 e. The number of rotatable bonds is 6. The van der Waals surface area contributed by atoms with Gasteiger partial charge in [0.05, 0.1) is 0 Å². The predicted octanol–water partition coefficient (Wildman–Crippen LogP) is 3.67. The van der Waals surface area contributed by atoms with Crippen molar-refractivity contribution < 1.29 is 14.3 Å². The predicted molar refractivity (Wildman–Crippen MR) is 102 cm³/mol. The molecule has 27 heavy (non-hydrogen) atoms. The number of anilines is 1. The van der Waals surface area contributed by atoms with Gasteiger partial charge in [-0.05, 0) is 35.2 Å². The first-order valence-corrected chi connectivity index (χ1v) is 8.71. The molecular formula is C21H21N3O3. The van der Waals surface area contributed by atoms with Gasteiger partial charge in [-0.15, -0.1) is 0 Å². The number of nitrogens with one attached hydrogen (secondary N) is 2. The average Bonchev–Trinajstić information content (AvgIpc) is 3.14. The summed E-state index contributed by atoms with van der Waals surface area (Å²) in [5.74, 6) is 1.23. The lowest BCUT2D eigenvalue weighted by Crippen LogP contribution is -2.24. The highest BCUT2D eigenvalue weighted by molar-refractivity contribution is 5.97. The Kier molecular flexibility index (Phi) is 5.62. The van der Waals surface area contributed by atoms with Crippen LogP contribution < -0.4 is 20.1 Å². The van der Waals surface area contributed by atoms with Crippen LogP contribution in [0.4, 0.5) is 5.69 Å². The van der Waals surface area contributed by atoms with Crippen molar-refractivity contribution in [2.24, 2.45) is 0 Å². The molecule has 0 radical (unpaired) electrons. The number of fused-ring (bicyclic) bond motifs is 1.